The van der Waals surface area contributed by atoms with Crippen molar-refractivity contribution >= 4 is 17.3 Å². The molecule has 0 radical (unpaired) electrons. The summed E-state index contributed by atoms with van der Waals surface area (Å²) >= 11 is 0. The second-order valence-electron chi connectivity index (χ2n) is 5.93. The number of aromatic nitrogens is 1. The molecule has 0 saturated carbocycles. The number of carbonyl (C=O) groups is 1. The second-order valence-corrected chi connectivity index (χ2v) is 5.93. The Balaban J connectivity index is 2.37. The van der Waals surface area contributed by atoms with E-state index in [2.05, 4.69) is 15.5 Å². The summed E-state index contributed by atoms with van der Waals surface area (Å²) in [6.45, 7) is 0. The average molecular weight is 447 g/mol. The second kappa shape index (κ2) is 8.93. The van der Waals surface area contributed by atoms with Crippen LogP contribution in [0.4, 0.5) is 26.3 Å². The lowest BCUT2D eigenvalue weighted by Gasteiger charge is -2.14. The summed E-state index contributed by atoms with van der Waals surface area (Å²) in [5, 5.41) is 3.50. The van der Waals surface area contributed by atoms with E-state index >= 15 is 0 Å². The van der Waals surface area contributed by atoms with Crippen LogP contribution in [0.1, 0.15) is 22.3 Å². The van der Waals surface area contributed by atoms with Gasteiger partial charge in [-0.1, -0.05) is 0 Å². The lowest BCUT2D eigenvalue weighted by molar-refractivity contribution is -0.143. The lowest BCUT2D eigenvalue weighted by Crippen LogP contribution is -2.21. The van der Waals surface area contributed by atoms with E-state index in [9.17, 15) is 31.1 Å². The molecule has 0 saturated heterocycles. The van der Waals surface area contributed by atoms with Gasteiger partial charge < -0.3 is 16.2 Å². The van der Waals surface area contributed by atoms with E-state index in [-0.39, 0.29) is 23.1 Å². The number of amidine groups is 1. The molecule has 1 aromatic carbocycles. The van der Waals surface area contributed by atoms with Crippen LogP contribution in [0.3, 0.4) is 0 Å². The smallest absolute Gasteiger partial charge is 0.416 e. The molecule has 31 heavy (non-hydrogen) atoms. The summed E-state index contributed by atoms with van der Waals surface area (Å²) in [4.78, 5) is 15.5. The van der Waals surface area contributed by atoms with Crippen molar-refractivity contribution in [3.63, 3.8) is 0 Å². The molecule has 0 fully saturated rings. The van der Waals surface area contributed by atoms with Gasteiger partial charge in [0.15, 0.2) is 5.84 Å². The number of ether oxygens (including phenoxy) is 1. The fraction of sp³-hybridized carbons (Fsp3) is 0.167. The predicted octanol–water partition coefficient (Wildman–Crippen LogP) is 2.86. The molecule has 0 aliphatic carbocycles. The van der Waals surface area contributed by atoms with Crippen molar-refractivity contribution in [3.05, 3.63) is 65.0 Å². The minimum atomic E-state index is -5.04. The molecular weight excluding hydrogens is 432 g/mol. The highest BCUT2D eigenvalue weighted by molar-refractivity contribution is 6.18. The monoisotopic (exact) mass is 447 g/mol. The zero-order valence-electron chi connectivity index (χ0n) is 15.7. The molecule has 0 unspecified atom stereocenters. The lowest BCUT2D eigenvalue weighted by atomic mass is 10.0. The molecule has 5 N–H and O–H groups in total. The van der Waals surface area contributed by atoms with Crippen molar-refractivity contribution in [1.29, 1.82) is 0 Å². The average Bonchev–Trinajstić information content (AvgIpc) is 2.69. The molecule has 0 aliphatic rings. The zero-order valence-corrected chi connectivity index (χ0v) is 15.7. The Labute approximate surface area is 171 Å². The highest BCUT2D eigenvalue weighted by Gasteiger charge is 2.37. The zero-order chi connectivity index (χ0) is 23.4. The molecule has 2 rings (SSSR count). The van der Waals surface area contributed by atoms with Gasteiger partial charge in [-0.15, -0.1) is 0 Å². The molecule has 13 heteroatoms. The number of amides is 1. The summed E-state index contributed by atoms with van der Waals surface area (Å²) in [6, 6.07) is 3.68. The van der Waals surface area contributed by atoms with Crippen LogP contribution in [0.15, 0.2) is 47.8 Å². The van der Waals surface area contributed by atoms with E-state index in [4.69, 9.17) is 16.2 Å². The van der Waals surface area contributed by atoms with Gasteiger partial charge in [0, 0.05) is 29.6 Å². The van der Waals surface area contributed by atoms with Crippen molar-refractivity contribution in [3.8, 4) is 5.88 Å². The number of carbonyl (C=O) groups excluding carboxylic acids is 1. The molecule has 1 aromatic heterocycles. The summed E-state index contributed by atoms with van der Waals surface area (Å²) < 4.78 is 82.6. The number of primary amides is 1. The Bertz CT molecular complexity index is 981. The van der Waals surface area contributed by atoms with Crippen LogP contribution < -0.4 is 21.6 Å². The summed E-state index contributed by atoms with van der Waals surface area (Å²) in [7, 11) is 1.38. The quantitative estimate of drug-likeness (QED) is 0.207. The van der Waals surface area contributed by atoms with Gasteiger partial charge >= 0.3 is 12.4 Å². The van der Waals surface area contributed by atoms with Gasteiger partial charge in [-0.25, -0.2) is 4.98 Å². The highest BCUT2D eigenvalue weighted by Crippen LogP contribution is 2.36. The first kappa shape index (κ1) is 23.5. The first-order valence-electron chi connectivity index (χ1n) is 8.22. The fourth-order valence-electron chi connectivity index (χ4n) is 2.29. The van der Waals surface area contributed by atoms with Crippen LogP contribution in [0.25, 0.3) is 5.57 Å². The Hall–Kier alpha value is -3.77. The van der Waals surface area contributed by atoms with Gasteiger partial charge in [0.25, 0.3) is 5.91 Å². The minimum absolute atomic E-state index is 0.0357. The Kier molecular flexibility index (Phi) is 6.78. The number of pyridine rings is 1. The van der Waals surface area contributed by atoms with E-state index in [0.29, 0.717) is 12.1 Å². The molecular formula is C18H15F6N5O2. The number of benzene rings is 1. The van der Waals surface area contributed by atoms with E-state index in [0.717, 1.165) is 6.20 Å². The topological polar surface area (TPSA) is 116 Å². The minimum Gasteiger partial charge on any atom is -0.481 e. The number of rotatable bonds is 6. The highest BCUT2D eigenvalue weighted by atomic mass is 19.4. The van der Waals surface area contributed by atoms with E-state index in [1.807, 2.05) is 0 Å². The van der Waals surface area contributed by atoms with E-state index in [1.165, 1.54) is 25.4 Å². The molecule has 1 heterocycles. The summed E-state index contributed by atoms with van der Waals surface area (Å²) in [5.41, 5.74) is 9.38. The maximum atomic E-state index is 12.9. The third kappa shape index (κ3) is 6.10. The molecule has 7 nitrogen and oxygen atoms in total. The SMILES string of the molecule is COc1ccc(/C(=C\N/N=C(\N)c2cc(C(F)(F)F)cc(C(F)(F)F)c2)C(N)=O)cn1. The maximum absolute atomic E-state index is 12.9. The fourth-order valence-corrected chi connectivity index (χ4v) is 2.29. The number of nitrogens with zero attached hydrogens (tertiary/aromatic N) is 2. The van der Waals surface area contributed by atoms with Gasteiger partial charge in [-0.2, -0.15) is 31.4 Å². The normalized spacial score (nSPS) is 13.1. The van der Waals surface area contributed by atoms with Crippen molar-refractivity contribution in [2.24, 2.45) is 16.6 Å². The van der Waals surface area contributed by atoms with Crippen LogP contribution in [0.2, 0.25) is 0 Å². The third-order valence-corrected chi connectivity index (χ3v) is 3.80. The molecule has 166 valence electrons. The summed E-state index contributed by atoms with van der Waals surface area (Å²) in [6.07, 6.45) is -7.85. The van der Waals surface area contributed by atoms with Crippen molar-refractivity contribution in [2.75, 3.05) is 7.11 Å². The van der Waals surface area contributed by atoms with E-state index < -0.39 is 40.8 Å². The standard InChI is InChI=1S/C18H15F6N5O2/c1-31-14-3-2-9(7-27-14)13(16(26)30)8-28-29-15(25)10-4-11(17(19,20)21)6-12(5-10)18(22,23)24/h2-8,28H,1H3,(H2,25,29)(H2,26,30)/b13-8+. The van der Waals surface area contributed by atoms with Crippen molar-refractivity contribution in [2.45, 2.75) is 12.4 Å². The number of methoxy groups -OCH3 is 1. The van der Waals surface area contributed by atoms with Crippen molar-refractivity contribution in [1.82, 2.24) is 10.4 Å². The van der Waals surface area contributed by atoms with Crippen molar-refractivity contribution < 1.29 is 35.9 Å². The van der Waals surface area contributed by atoms with Crippen LogP contribution in [0.5, 0.6) is 5.88 Å². The predicted molar refractivity (Wildman–Crippen MR) is 98.3 cm³/mol. The molecule has 0 atom stereocenters. The first-order chi connectivity index (χ1) is 14.3. The van der Waals surface area contributed by atoms with Gasteiger partial charge in [0.05, 0.1) is 23.8 Å². The number of nitrogens with two attached hydrogens (primary N) is 2. The van der Waals surface area contributed by atoms with Crippen LogP contribution in [-0.4, -0.2) is 23.8 Å². The largest absolute Gasteiger partial charge is 0.481 e. The number of halogens is 6. The van der Waals surface area contributed by atoms with Crippen LogP contribution in [-0.2, 0) is 17.1 Å². The van der Waals surface area contributed by atoms with Gasteiger partial charge in [0.1, 0.15) is 0 Å². The van der Waals surface area contributed by atoms with E-state index in [1.54, 1.807) is 0 Å². The molecule has 0 spiro atoms. The maximum Gasteiger partial charge on any atom is 0.416 e. The molecule has 0 bridgehead atoms. The van der Waals surface area contributed by atoms with Crippen LogP contribution in [0, 0.1) is 0 Å². The molecule has 1 amide bonds. The third-order valence-electron chi connectivity index (χ3n) is 3.80. The van der Waals surface area contributed by atoms with Gasteiger partial charge in [-0.3, -0.25) is 10.2 Å². The Morgan fingerprint density at radius 1 is 1.03 bits per heavy atom. The Morgan fingerprint density at radius 3 is 2.03 bits per heavy atom. The van der Waals surface area contributed by atoms with Crippen LogP contribution >= 0.6 is 0 Å². The van der Waals surface area contributed by atoms with Gasteiger partial charge in [0.2, 0.25) is 5.88 Å². The molecule has 0 aliphatic heterocycles. The number of alkyl halides is 6. The Morgan fingerprint density at radius 2 is 1.61 bits per heavy atom. The summed E-state index contributed by atoms with van der Waals surface area (Å²) in [5.74, 6) is -1.34. The number of nitrogens with one attached hydrogen (secondary N) is 1. The number of hydrazone groups is 1. The molecule has 2 aromatic rings. The number of hydrogen-bond donors (Lipinski definition) is 3. The number of hydrogen-bond acceptors (Lipinski definition) is 5. The first-order valence-corrected chi connectivity index (χ1v) is 8.22. The van der Waals surface area contributed by atoms with Gasteiger partial charge in [-0.05, 0) is 24.3 Å².